The second kappa shape index (κ2) is 24.2. The molecule has 0 amide bonds. The van der Waals surface area contributed by atoms with Gasteiger partial charge in [-0.2, -0.15) is 0 Å². The summed E-state index contributed by atoms with van der Waals surface area (Å²) >= 11 is 0. The lowest BCUT2D eigenvalue weighted by atomic mass is 9.87. The van der Waals surface area contributed by atoms with Crippen molar-refractivity contribution in [2.45, 2.75) is 187 Å². The minimum Gasteiger partial charge on any atom is -0.298 e. The predicted octanol–water partition coefficient (Wildman–Crippen LogP) is 15.6. The van der Waals surface area contributed by atoms with Gasteiger partial charge in [0.15, 0.2) is 0 Å². The molecule has 2 heteroatoms. The summed E-state index contributed by atoms with van der Waals surface area (Å²) in [5.41, 5.74) is 13.1. The number of nitrogens with one attached hydrogen (secondary N) is 1. The molecule has 290 valence electrons. The fourth-order valence-electron chi connectivity index (χ4n) is 7.67. The highest BCUT2D eigenvalue weighted by atomic mass is 15.5. The first-order valence-corrected chi connectivity index (χ1v) is 22.1. The van der Waals surface area contributed by atoms with Crippen molar-refractivity contribution < 1.29 is 0 Å². The van der Waals surface area contributed by atoms with Gasteiger partial charge >= 0.3 is 0 Å². The van der Waals surface area contributed by atoms with Crippen LogP contribution in [0.3, 0.4) is 0 Å². The fourth-order valence-corrected chi connectivity index (χ4v) is 7.67. The van der Waals surface area contributed by atoms with Gasteiger partial charge in [0.2, 0.25) is 0 Å². The summed E-state index contributed by atoms with van der Waals surface area (Å²) in [5.74, 6) is 0. The van der Waals surface area contributed by atoms with Crippen LogP contribution in [-0.2, 0) is 18.3 Å². The Labute approximate surface area is 326 Å². The quantitative estimate of drug-likeness (QED) is 0.0832. The Morgan fingerprint density at radius 2 is 0.943 bits per heavy atom. The van der Waals surface area contributed by atoms with E-state index < -0.39 is 0 Å². The number of allylic oxidation sites excluding steroid dienone is 1. The van der Waals surface area contributed by atoms with E-state index in [-0.39, 0.29) is 11.5 Å². The van der Waals surface area contributed by atoms with E-state index in [0.717, 1.165) is 5.70 Å². The van der Waals surface area contributed by atoms with Gasteiger partial charge < -0.3 is 0 Å². The Hall–Kier alpha value is -3.26. The van der Waals surface area contributed by atoms with Gasteiger partial charge in [-0.25, -0.2) is 0 Å². The number of hydrogen-bond donors (Lipinski definition) is 1. The minimum atomic E-state index is 0.130. The van der Waals surface area contributed by atoms with Crippen LogP contribution in [0, 0.1) is 0 Å². The van der Waals surface area contributed by atoms with Crippen LogP contribution in [0.25, 0.3) is 6.08 Å². The molecule has 0 radical (unpaired) electrons. The van der Waals surface area contributed by atoms with E-state index in [4.69, 9.17) is 0 Å². The molecule has 0 aliphatic carbocycles. The van der Waals surface area contributed by atoms with Gasteiger partial charge in [0, 0.05) is 0 Å². The number of hydrazine groups is 1. The van der Waals surface area contributed by atoms with Crippen LogP contribution >= 0.6 is 0 Å². The molecule has 3 aromatic carbocycles. The highest BCUT2D eigenvalue weighted by Gasteiger charge is 2.26. The van der Waals surface area contributed by atoms with Crippen LogP contribution < -0.4 is 10.4 Å². The summed E-state index contributed by atoms with van der Waals surface area (Å²) < 4.78 is 0. The average molecular weight is 717 g/mol. The molecule has 1 atom stereocenters. The van der Waals surface area contributed by atoms with E-state index in [1.54, 1.807) is 0 Å². The standard InChI is InChI=1S/C51H76N2/c1-6-8-10-12-14-16-18-20-22-24-26-43-28-30-45(31-29-43)34-39-48-42-50(53(52-48)49-40-37-47(38-41-49)51(3,4)5)46-35-32-44(33-36-46)27-25-23-21-19-17-15-13-11-9-7-2/h28-42,50,52H,6-27H2,1-5H3. The zero-order valence-electron chi connectivity index (χ0n) is 34.7. The van der Waals surface area contributed by atoms with Gasteiger partial charge in [0.25, 0.3) is 0 Å². The molecule has 3 aromatic rings. The van der Waals surface area contributed by atoms with Gasteiger partial charge in [0.1, 0.15) is 0 Å². The number of anilines is 1. The molecule has 1 unspecified atom stereocenters. The topological polar surface area (TPSA) is 15.3 Å². The van der Waals surface area contributed by atoms with Crippen molar-refractivity contribution in [1.82, 2.24) is 5.43 Å². The average Bonchev–Trinajstić information content (AvgIpc) is 3.60. The number of aryl methyl sites for hydroxylation is 2. The number of unbranched alkanes of at least 4 members (excludes halogenated alkanes) is 18. The van der Waals surface area contributed by atoms with Crippen LogP contribution in [0.4, 0.5) is 5.69 Å². The third-order valence-corrected chi connectivity index (χ3v) is 11.3. The lowest BCUT2D eigenvalue weighted by Gasteiger charge is -2.28. The Bertz CT molecular complexity index is 1440. The van der Waals surface area contributed by atoms with E-state index in [9.17, 15) is 0 Å². The molecule has 0 aromatic heterocycles. The molecule has 1 aliphatic rings. The molecule has 0 saturated heterocycles. The molecule has 2 nitrogen and oxygen atoms in total. The maximum atomic E-state index is 3.75. The Balaban J connectivity index is 1.29. The molecular weight excluding hydrogens is 641 g/mol. The summed E-state index contributed by atoms with van der Waals surface area (Å²) in [5, 5.41) is 2.33. The van der Waals surface area contributed by atoms with Gasteiger partial charge in [-0.1, -0.05) is 217 Å². The Morgan fingerprint density at radius 3 is 1.40 bits per heavy atom. The fraction of sp³-hybridized carbons (Fsp3) is 0.569. The summed E-state index contributed by atoms with van der Waals surface area (Å²) in [7, 11) is 0. The van der Waals surface area contributed by atoms with Crippen molar-refractivity contribution in [3.05, 3.63) is 118 Å². The molecule has 1 heterocycles. The second-order valence-electron chi connectivity index (χ2n) is 17.0. The smallest absolute Gasteiger partial charge is 0.0958 e. The Morgan fingerprint density at radius 1 is 0.509 bits per heavy atom. The molecule has 1 aliphatic heterocycles. The summed E-state index contributed by atoms with van der Waals surface area (Å²) in [6.07, 6.45) is 37.0. The molecule has 4 rings (SSSR count). The SMILES string of the molecule is CCCCCCCCCCCCc1ccc(C=CC2=CC(c3ccc(CCCCCCCCCCCC)cc3)N(c3ccc(C(C)(C)C)cc3)N2)cc1. The maximum absolute atomic E-state index is 3.75. The first kappa shape index (κ1) is 42.5. The minimum absolute atomic E-state index is 0.130. The van der Waals surface area contributed by atoms with Crippen LogP contribution in [0.2, 0.25) is 0 Å². The Kier molecular flexibility index (Phi) is 19.4. The van der Waals surface area contributed by atoms with Crippen molar-refractivity contribution in [3.8, 4) is 0 Å². The molecule has 53 heavy (non-hydrogen) atoms. The lowest BCUT2D eigenvalue weighted by molar-refractivity contribution is 0.556. The summed E-state index contributed by atoms with van der Waals surface area (Å²) in [6.45, 7) is 11.4. The zero-order chi connectivity index (χ0) is 37.6. The van der Waals surface area contributed by atoms with Crippen LogP contribution in [0.5, 0.6) is 0 Å². The molecule has 0 fully saturated rings. The van der Waals surface area contributed by atoms with Gasteiger partial charge in [-0.05, 0) is 83.2 Å². The molecule has 1 N–H and O–H groups in total. The third-order valence-electron chi connectivity index (χ3n) is 11.3. The number of hydrogen-bond acceptors (Lipinski definition) is 2. The van der Waals surface area contributed by atoms with Crippen molar-refractivity contribution >= 4 is 11.8 Å². The van der Waals surface area contributed by atoms with Crippen molar-refractivity contribution in [2.24, 2.45) is 0 Å². The number of rotatable bonds is 26. The first-order chi connectivity index (χ1) is 25.9. The molecule has 0 spiro atoms. The highest BCUT2D eigenvalue weighted by Crippen LogP contribution is 2.34. The van der Waals surface area contributed by atoms with E-state index in [1.165, 1.54) is 175 Å². The van der Waals surface area contributed by atoms with Crippen LogP contribution in [0.15, 0.2) is 90.6 Å². The second-order valence-corrected chi connectivity index (χ2v) is 17.0. The van der Waals surface area contributed by atoms with E-state index >= 15 is 0 Å². The molecule has 0 bridgehead atoms. The number of benzene rings is 3. The molecule has 0 saturated carbocycles. The largest absolute Gasteiger partial charge is 0.298 e. The zero-order valence-corrected chi connectivity index (χ0v) is 34.7. The number of nitrogens with zero attached hydrogens (tertiary/aromatic N) is 1. The first-order valence-electron chi connectivity index (χ1n) is 22.1. The normalized spacial score (nSPS) is 14.6. The third kappa shape index (κ3) is 15.9. The maximum Gasteiger partial charge on any atom is 0.0958 e. The molecular formula is C51H76N2. The van der Waals surface area contributed by atoms with Crippen molar-refractivity contribution in [1.29, 1.82) is 0 Å². The van der Waals surface area contributed by atoms with Gasteiger partial charge in [-0.15, -0.1) is 0 Å². The summed E-state index contributed by atoms with van der Waals surface area (Å²) in [6, 6.07) is 27.9. The lowest BCUT2D eigenvalue weighted by Crippen LogP contribution is -2.34. The van der Waals surface area contributed by atoms with Gasteiger partial charge in [0.05, 0.1) is 17.4 Å². The highest BCUT2D eigenvalue weighted by molar-refractivity contribution is 5.58. The van der Waals surface area contributed by atoms with Crippen molar-refractivity contribution in [3.63, 3.8) is 0 Å². The van der Waals surface area contributed by atoms with Crippen LogP contribution in [0.1, 0.15) is 197 Å². The summed E-state index contributed by atoms with van der Waals surface area (Å²) in [4.78, 5) is 0. The van der Waals surface area contributed by atoms with E-state index in [1.807, 2.05) is 0 Å². The van der Waals surface area contributed by atoms with E-state index in [2.05, 4.69) is 136 Å². The predicted molar refractivity (Wildman–Crippen MR) is 235 cm³/mol. The van der Waals surface area contributed by atoms with E-state index in [0.29, 0.717) is 0 Å². The van der Waals surface area contributed by atoms with Gasteiger partial charge in [-0.3, -0.25) is 10.4 Å². The van der Waals surface area contributed by atoms with Crippen molar-refractivity contribution in [2.75, 3.05) is 5.01 Å². The monoisotopic (exact) mass is 717 g/mol. The van der Waals surface area contributed by atoms with Crippen LogP contribution in [-0.4, -0.2) is 0 Å².